The molecule has 1 aromatic heterocycles. The molecule has 1 atom stereocenters. The highest BCUT2D eigenvalue weighted by molar-refractivity contribution is 6.35. The van der Waals surface area contributed by atoms with Crippen molar-refractivity contribution in [1.82, 2.24) is 9.88 Å². The number of carbonyl (C=O) groups is 1. The average Bonchev–Trinajstić information content (AvgIpc) is 2.64. The molecule has 4 nitrogen and oxygen atoms in total. The summed E-state index contributed by atoms with van der Waals surface area (Å²) in [6.45, 7) is 2.20. The number of ether oxygens (including phenoxy) is 1. The number of carbonyl (C=O) groups excluding carboxylic acids is 1. The van der Waals surface area contributed by atoms with Crippen LogP contribution in [0.3, 0.4) is 0 Å². The SMILES string of the molecule is COC[C@@H]1CCCN(C(=O)c2ccc(-c3cc(Cl)ccc3Cl)nc2)C1. The summed E-state index contributed by atoms with van der Waals surface area (Å²) in [6, 6.07) is 8.85. The maximum atomic E-state index is 12.7. The van der Waals surface area contributed by atoms with Crippen LogP contribution in [0.25, 0.3) is 11.3 Å². The van der Waals surface area contributed by atoms with Gasteiger partial charge in [-0.2, -0.15) is 0 Å². The molecule has 1 aliphatic rings. The zero-order chi connectivity index (χ0) is 17.8. The Bertz CT molecular complexity index is 748. The van der Waals surface area contributed by atoms with E-state index in [-0.39, 0.29) is 5.91 Å². The third-order valence-corrected chi connectivity index (χ3v) is 4.99. The molecular formula is C19H20Cl2N2O2. The van der Waals surface area contributed by atoms with Crippen LogP contribution in [0.5, 0.6) is 0 Å². The molecule has 0 spiro atoms. The van der Waals surface area contributed by atoms with Gasteiger partial charge in [0.05, 0.1) is 22.9 Å². The molecule has 2 heterocycles. The van der Waals surface area contributed by atoms with Gasteiger partial charge in [-0.05, 0) is 49.1 Å². The minimum Gasteiger partial charge on any atom is -0.384 e. The molecular weight excluding hydrogens is 359 g/mol. The van der Waals surface area contributed by atoms with Crippen molar-refractivity contribution in [2.24, 2.45) is 5.92 Å². The number of amides is 1. The van der Waals surface area contributed by atoms with E-state index in [4.69, 9.17) is 27.9 Å². The number of halogens is 2. The predicted molar refractivity (Wildman–Crippen MR) is 100 cm³/mol. The Kier molecular flexibility index (Phi) is 5.94. The van der Waals surface area contributed by atoms with E-state index in [1.54, 1.807) is 43.6 Å². The number of hydrogen-bond acceptors (Lipinski definition) is 3. The second kappa shape index (κ2) is 8.17. The molecule has 2 aromatic rings. The van der Waals surface area contributed by atoms with Crippen LogP contribution in [0.15, 0.2) is 36.5 Å². The van der Waals surface area contributed by atoms with Gasteiger partial charge in [-0.1, -0.05) is 23.2 Å². The van der Waals surface area contributed by atoms with Gasteiger partial charge >= 0.3 is 0 Å². The summed E-state index contributed by atoms with van der Waals surface area (Å²) in [7, 11) is 1.70. The highest BCUT2D eigenvalue weighted by atomic mass is 35.5. The summed E-state index contributed by atoms with van der Waals surface area (Å²) < 4.78 is 5.23. The van der Waals surface area contributed by atoms with Crippen LogP contribution in [0.1, 0.15) is 23.2 Å². The van der Waals surface area contributed by atoms with E-state index in [2.05, 4.69) is 4.98 Å². The molecule has 0 unspecified atom stereocenters. The first-order valence-corrected chi connectivity index (χ1v) is 9.03. The van der Waals surface area contributed by atoms with Crippen molar-refractivity contribution in [2.45, 2.75) is 12.8 Å². The molecule has 3 rings (SSSR count). The monoisotopic (exact) mass is 378 g/mol. The first-order valence-electron chi connectivity index (χ1n) is 8.28. The van der Waals surface area contributed by atoms with E-state index < -0.39 is 0 Å². The van der Waals surface area contributed by atoms with Gasteiger partial charge in [0.2, 0.25) is 0 Å². The quantitative estimate of drug-likeness (QED) is 0.783. The minimum atomic E-state index is 0.0112. The van der Waals surface area contributed by atoms with E-state index in [0.29, 0.717) is 33.8 Å². The average molecular weight is 379 g/mol. The summed E-state index contributed by atoms with van der Waals surface area (Å²) in [5.41, 5.74) is 2.03. The zero-order valence-corrected chi connectivity index (χ0v) is 15.6. The number of pyridine rings is 1. The van der Waals surface area contributed by atoms with Gasteiger partial charge in [0.1, 0.15) is 0 Å². The fourth-order valence-corrected chi connectivity index (χ4v) is 3.56. The molecule has 1 saturated heterocycles. The van der Waals surface area contributed by atoms with Crippen LogP contribution >= 0.6 is 23.2 Å². The lowest BCUT2D eigenvalue weighted by Gasteiger charge is -2.32. The maximum absolute atomic E-state index is 12.7. The molecule has 1 fully saturated rings. The van der Waals surface area contributed by atoms with Crippen LogP contribution in [0.4, 0.5) is 0 Å². The van der Waals surface area contributed by atoms with E-state index in [0.717, 1.165) is 31.5 Å². The third kappa shape index (κ3) is 4.32. The Labute approximate surface area is 157 Å². The molecule has 0 radical (unpaired) electrons. The van der Waals surface area contributed by atoms with E-state index in [1.165, 1.54) is 0 Å². The lowest BCUT2D eigenvalue weighted by Crippen LogP contribution is -2.41. The van der Waals surface area contributed by atoms with Crippen LogP contribution < -0.4 is 0 Å². The number of benzene rings is 1. The normalized spacial score (nSPS) is 17.6. The highest BCUT2D eigenvalue weighted by Crippen LogP contribution is 2.29. The summed E-state index contributed by atoms with van der Waals surface area (Å²) >= 11 is 12.2. The first kappa shape index (κ1) is 18.2. The largest absolute Gasteiger partial charge is 0.384 e. The lowest BCUT2D eigenvalue weighted by atomic mass is 9.98. The molecule has 6 heteroatoms. The van der Waals surface area contributed by atoms with Crippen molar-refractivity contribution in [3.63, 3.8) is 0 Å². The van der Waals surface area contributed by atoms with Crippen molar-refractivity contribution >= 4 is 29.1 Å². The molecule has 1 aromatic carbocycles. The molecule has 1 amide bonds. The Balaban J connectivity index is 1.75. The number of piperidine rings is 1. The van der Waals surface area contributed by atoms with Gasteiger partial charge in [0.15, 0.2) is 0 Å². The number of likely N-dealkylation sites (tertiary alicyclic amines) is 1. The van der Waals surface area contributed by atoms with Crippen LogP contribution in [0.2, 0.25) is 10.0 Å². The Morgan fingerprint density at radius 3 is 2.88 bits per heavy atom. The Morgan fingerprint density at radius 2 is 2.16 bits per heavy atom. The molecule has 0 saturated carbocycles. The van der Waals surface area contributed by atoms with E-state index in [1.807, 2.05) is 4.90 Å². The second-order valence-electron chi connectivity index (χ2n) is 6.27. The molecule has 25 heavy (non-hydrogen) atoms. The van der Waals surface area contributed by atoms with Gasteiger partial charge < -0.3 is 9.64 Å². The predicted octanol–water partition coefficient (Wildman–Crippen LogP) is 4.55. The lowest BCUT2D eigenvalue weighted by molar-refractivity contribution is 0.0570. The smallest absolute Gasteiger partial charge is 0.255 e. The summed E-state index contributed by atoms with van der Waals surface area (Å²) in [5.74, 6) is 0.414. The van der Waals surface area contributed by atoms with Crippen molar-refractivity contribution in [3.8, 4) is 11.3 Å². The molecule has 0 N–H and O–H groups in total. The third-order valence-electron chi connectivity index (χ3n) is 4.42. The molecule has 0 bridgehead atoms. The fraction of sp³-hybridized carbons (Fsp3) is 0.368. The van der Waals surface area contributed by atoms with E-state index >= 15 is 0 Å². The van der Waals surface area contributed by atoms with Crippen molar-refractivity contribution in [2.75, 3.05) is 26.8 Å². The fourth-order valence-electron chi connectivity index (χ4n) is 3.18. The van der Waals surface area contributed by atoms with E-state index in [9.17, 15) is 4.79 Å². The van der Waals surface area contributed by atoms with Crippen LogP contribution in [0, 0.1) is 5.92 Å². The number of hydrogen-bond donors (Lipinski definition) is 0. The standard InChI is InChI=1S/C19H20Cl2N2O2/c1-25-12-13-3-2-8-23(11-13)19(24)14-4-7-18(22-10-14)16-9-15(20)5-6-17(16)21/h4-7,9-10,13H,2-3,8,11-12H2,1H3/t13-/m1/s1. The van der Waals surface area contributed by atoms with Gasteiger partial charge in [-0.3, -0.25) is 9.78 Å². The molecule has 1 aliphatic heterocycles. The first-order chi connectivity index (χ1) is 12.1. The molecule has 132 valence electrons. The number of rotatable bonds is 4. The maximum Gasteiger partial charge on any atom is 0.255 e. The Morgan fingerprint density at radius 1 is 1.32 bits per heavy atom. The number of methoxy groups -OCH3 is 1. The van der Waals surface area contributed by atoms with Gasteiger partial charge in [0.25, 0.3) is 5.91 Å². The number of nitrogens with zero attached hydrogens (tertiary/aromatic N) is 2. The van der Waals surface area contributed by atoms with Gasteiger partial charge in [-0.15, -0.1) is 0 Å². The Hall–Kier alpha value is -1.62. The van der Waals surface area contributed by atoms with Gasteiger partial charge in [-0.25, -0.2) is 0 Å². The highest BCUT2D eigenvalue weighted by Gasteiger charge is 2.24. The van der Waals surface area contributed by atoms with Crippen LogP contribution in [-0.2, 0) is 4.74 Å². The van der Waals surface area contributed by atoms with Gasteiger partial charge in [0, 0.05) is 37.0 Å². The topological polar surface area (TPSA) is 42.4 Å². The summed E-state index contributed by atoms with van der Waals surface area (Å²) in [5, 5.41) is 1.17. The second-order valence-corrected chi connectivity index (χ2v) is 7.11. The summed E-state index contributed by atoms with van der Waals surface area (Å²) in [4.78, 5) is 19.0. The minimum absolute atomic E-state index is 0.0112. The van der Waals surface area contributed by atoms with Crippen molar-refractivity contribution < 1.29 is 9.53 Å². The van der Waals surface area contributed by atoms with Crippen molar-refractivity contribution in [3.05, 3.63) is 52.1 Å². The zero-order valence-electron chi connectivity index (χ0n) is 14.0. The number of aromatic nitrogens is 1. The van der Waals surface area contributed by atoms with Crippen LogP contribution in [-0.4, -0.2) is 42.6 Å². The molecule has 0 aliphatic carbocycles. The van der Waals surface area contributed by atoms with Crippen molar-refractivity contribution in [1.29, 1.82) is 0 Å². The summed E-state index contributed by atoms with van der Waals surface area (Å²) in [6.07, 6.45) is 3.71.